The van der Waals surface area contributed by atoms with E-state index >= 15 is 0 Å². The highest BCUT2D eigenvalue weighted by atomic mass is 19.4. The fraction of sp³-hybridized carbons (Fsp3) is 0.133. The lowest BCUT2D eigenvalue weighted by atomic mass is 10.2. The van der Waals surface area contributed by atoms with E-state index in [1.807, 2.05) is 6.07 Å². The Balaban J connectivity index is 2.03. The third kappa shape index (κ3) is 2.69. The molecule has 0 atom stereocenters. The minimum atomic E-state index is -4.45. The van der Waals surface area contributed by atoms with Gasteiger partial charge in [0.2, 0.25) is 0 Å². The minimum Gasteiger partial charge on any atom is -0.263 e. The Hall–Kier alpha value is -2.70. The lowest BCUT2D eigenvalue weighted by molar-refractivity contribution is -0.143. The van der Waals surface area contributed by atoms with E-state index in [2.05, 4.69) is 15.1 Å². The van der Waals surface area contributed by atoms with Gasteiger partial charge in [-0.1, -0.05) is 12.1 Å². The number of rotatable bonds is 2. The molecule has 0 amide bonds. The Labute approximate surface area is 124 Å². The second-order valence-electron chi connectivity index (χ2n) is 4.66. The number of halogens is 3. The highest BCUT2D eigenvalue weighted by molar-refractivity contribution is 5.61. The van der Waals surface area contributed by atoms with Gasteiger partial charge >= 0.3 is 6.18 Å². The molecule has 0 N–H and O–H groups in total. The maximum atomic E-state index is 12.8. The third-order valence-electron chi connectivity index (χ3n) is 3.11. The van der Waals surface area contributed by atoms with Gasteiger partial charge in [-0.3, -0.25) is 9.67 Å². The van der Waals surface area contributed by atoms with Crippen LogP contribution >= 0.6 is 0 Å². The number of alkyl halides is 3. The van der Waals surface area contributed by atoms with Crippen LogP contribution in [0.2, 0.25) is 0 Å². The van der Waals surface area contributed by atoms with Gasteiger partial charge in [-0.25, -0.2) is 4.98 Å². The molecule has 3 aromatic heterocycles. The third-order valence-corrected chi connectivity index (χ3v) is 3.11. The molecule has 0 aliphatic carbocycles. The van der Waals surface area contributed by atoms with Crippen molar-refractivity contribution in [1.82, 2.24) is 19.7 Å². The Morgan fingerprint density at radius 3 is 2.18 bits per heavy atom. The van der Waals surface area contributed by atoms with E-state index in [9.17, 15) is 13.2 Å². The van der Waals surface area contributed by atoms with Crippen molar-refractivity contribution in [2.75, 3.05) is 0 Å². The normalized spacial score (nSPS) is 11.6. The molecule has 0 saturated carbocycles. The van der Waals surface area contributed by atoms with Crippen LogP contribution in [0.4, 0.5) is 13.2 Å². The highest BCUT2D eigenvalue weighted by Gasteiger charge is 2.35. The summed E-state index contributed by atoms with van der Waals surface area (Å²) in [4.78, 5) is 8.52. The standard InChI is InChI=1S/C15H11F3N4/c1-22-14(15(16,17)18)9-13(21-22)12-7-4-6-11(20-12)10-5-2-3-8-19-10/h2-9H,1H3. The molecule has 0 aliphatic rings. The molecule has 3 rings (SSSR count). The lowest BCUT2D eigenvalue weighted by Gasteiger charge is -2.04. The summed E-state index contributed by atoms with van der Waals surface area (Å²) >= 11 is 0. The minimum absolute atomic E-state index is 0.174. The number of hydrogen-bond donors (Lipinski definition) is 0. The van der Waals surface area contributed by atoms with Crippen LogP contribution in [0.1, 0.15) is 5.69 Å². The van der Waals surface area contributed by atoms with Crippen molar-refractivity contribution in [2.24, 2.45) is 7.05 Å². The van der Waals surface area contributed by atoms with Gasteiger partial charge in [0.25, 0.3) is 0 Å². The maximum Gasteiger partial charge on any atom is 0.433 e. The molecule has 7 heteroatoms. The highest BCUT2D eigenvalue weighted by Crippen LogP contribution is 2.31. The van der Waals surface area contributed by atoms with Gasteiger partial charge in [0.1, 0.15) is 11.4 Å². The summed E-state index contributed by atoms with van der Waals surface area (Å²) in [7, 11) is 1.26. The largest absolute Gasteiger partial charge is 0.433 e. The van der Waals surface area contributed by atoms with Crippen molar-refractivity contribution < 1.29 is 13.2 Å². The van der Waals surface area contributed by atoms with Gasteiger partial charge < -0.3 is 0 Å². The SMILES string of the molecule is Cn1nc(-c2cccc(-c3ccccn3)n2)cc1C(F)(F)F. The molecule has 22 heavy (non-hydrogen) atoms. The first-order valence-electron chi connectivity index (χ1n) is 6.45. The predicted octanol–water partition coefficient (Wildman–Crippen LogP) is 3.56. The fourth-order valence-electron chi connectivity index (χ4n) is 2.09. The van der Waals surface area contributed by atoms with Crippen molar-refractivity contribution in [3.63, 3.8) is 0 Å². The molecular formula is C15H11F3N4. The van der Waals surface area contributed by atoms with E-state index in [4.69, 9.17) is 0 Å². The maximum absolute atomic E-state index is 12.8. The molecular weight excluding hydrogens is 293 g/mol. The predicted molar refractivity (Wildman–Crippen MR) is 74.7 cm³/mol. The van der Waals surface area contributed by atoms with Crippen molar-refractivity contribution in [2.45, 2.75) is 6.18 Å². The molecule has 0 bridgehead atoms. The van der Waals surface area contributed by atoms with Gasteiger partial charge in [0, 0.05) is 13.2 Å². The lowest BCUT2D eigenvalue weighted by Crippen LogP contribution is -2.11. The average molecular weight is 304 g/mol. The van der Waals surface area contributed by atoms with E-state index in [1.165, 1.54) is 7.05 Å². The van der Waals surface area contributed by atoms with Crippen molar-refractivity contribution in [3.8, 4) is 22.8 Å². The number of aryl methyl sites for hydroxylation is 1. The van der Waals surface area contributed by atoms with Gasteiger partial charge in [0.15, 0.2) is 0 Å². The molecule has 0 saturated heterocycles. The van der Waals surface area contributed by atoms with Gasteiger partial charge in [0.05, 0.1) is 17.1 Å². The average Bonchev–Trinajstić information content (AvgIpc) is 2.91. The van der Waals surface area contributed by atoms with Crippen LogP contribution in [0.25, 0.3) is 22.8 Å². The van der Waals surface area contributed by atoms with Gasteiger partial charge in [-0.15, -0.1) is 0 Å². The molecule has 0 unspecified atom stereocenters. The van der Waals surface area contributed by atoms with E-state index in [0.717, 1.165) is 10.7 Å². The Bertz CT molecular complexity index is 794. The first-order chi connectivity index (χ1) is 10.4. The molecule has 4 nitrogen and oxygen atoms in total. The van der Waals surface area contributed by atoms with Crippen molar-refractivity contribution in [1.29, 1.82) is 0 Å². The van der Waals surface area contributed by atoms with Crippen LogP contribution in [0.5, 0.6) is 0 Å². The summed E-state index contributed by atoms with van der Waals surface area (Å²) in [6.45, 7) is 0. The van der Waals surface area contributed by atoms with Crippen LogP contribution in [-0.4, -0.2) is 19.7 Å². The number of nitrogens with zero attached hydrogens (tertiary/aromatic N) is 4. The fourth-order valence-corrected chi connectivity index (χ4v) is 2.09. The van der Waals surface area contributed by atoms with Crippen molar-refractivity contribution in [3.05, 3.63) is 54.4 Å². The number of pyridine rings is 2. The van der Waals surface area contributed by atoms with Crippen LogP contribution in [0, 0.1) is 0 Å². The molecule has 0 aromatic carbocycles. The van der Waals surface area contributed by atoms with Crippen LogP contribution < -0.4 is 0 Å². The number of hydrogen-bond acceptors (Lipinski definition) is 3. The molecule has 0 spiro atoms. The molecule has 112 valence electrons. The van der Waals surface area contributed by atoms with Gasteiger partial charge in [-0.05, 0) is 30.3 Å². The second kappa shape index (κ2) is 5.25. The molecule has 3 aromatic rings. The summed E-state index contributed by atoms with van der Waals surface area (Å²) in [5.74, 6) is 0. The monoisotopic (exact) mass is 304 g/mol. The Kier molecular flexibility index (Phi) is 3.40. The first kappa shape index (κ1) is 14.2. The quantitative estimate of drug-likeness (QED) is 0.727. The zero-order chi connectivity index (χ0) is 15.7. The zero-order valence-electron chi connectivity index (χ0n) is 11.5. The van der Waals surface area contributed by atoms with E-state index in [1.54, 1.807) is 36.5 Å². The second-order valence-corrected chi connectivity index (χ2v) is 4.66. The van der Waals surface area contributed by atoms with E-state index in [0.29, 0.717) is 17.1 Å². The Morgan fingerprint density at radius 1 is 0.909 bits per heavy atom. The Morgan fingerprint density at radius 2 is 1.59 bits per heavy atom. The van der Waals surface area contributed by atoms with Crippen molar-refractivity contribution >= 4 is 0 Å². The van der Waals surface area contributed by atoms with Crippen LogP contribution in [0.15, 0.2) is 48.7 Å². The summed E-state index contributed by atoms with van der Waals surface area (Å²) in [6, 6.07) is 11.5. The van der Waals surface area contributed by atoms with Crippen LogP contribution in [-0.2, 0) is 13.2 Å². The van der Waals surface area contributed by atoms with Crippen LogP contribution in [0.3, 0.4) is 0 Å². The molecule has 3 heterocycles. The van der Waals surface area contributed by atoms with E-state index in [-0.39, 0.29) is 5.69 Å². The summed E-state index contributed by atoms with van der Waals surface area (Å²) in [5, 5.41) is 3.90. The molecule has 0 fully saturated rings. The zero-order valence-corrected chi connectivity index (χ0v) is 11.5. The number of aromatic nitrogens is 4. The smallest absolute Gasteiger partial charge is 0.263 e. The summed E-state index contributed by atoms with van der Waals surface area (Å²) in [5.41, 5.74) is 0.961. The van der Waals surface area contributed by atoms with Gasteiger partial charge in [-0.2, -0.15) is 18.3 Å². The molecule has 0 aliphatic heterocycles. The summed E-state index contributed by atoms with van der Waals surface area (Å²) < 4.78 is 39.3. The molecule has 0 radical (unpaired) electrons. The first-order valence-corrected chi connectivity index (χ1v) is 6.45. The van der Waals surface area contributed by atoms with E-state index < -0.39 is 11.9 Å². The summed E-state index contributed by atoms with van der Waals surface area (Å²) in [6.07, 6.45) is -2.81. The topological polar surface area (TPSA) is 43.6 Å².